The first-order valence-corrected chi connectivity index (χ1v) is 7.99. The monoisotopic (exact) mass is 351 g/mol. The van der Waals surface area contributed by atoms with Crippen LogP contribution >= 0.6 is 0 Å². The average Bonchev–Trinajstić information content (AvgIpc) is 2.60. The Bertz CT molecular complexity index is 655. The molecule has 1 aliphatic carbocycles. The van der Waals surface area contributed by atoms with Gasteiger partial charge in [-0.25, -0.2) is 4.79 Å². The van der Waals surface area contributed by atoms with Gasteiger partial charge in [0.1, 0.15) is 0 Å². The van der Waals surface area contributed by atoms with Crippen LogP contribution in [0.2, 0.25) is 0 Å². The Balaban J connectivity index is 1.83. The lowest BCUT2D eigenvalue weighted by Gasteiger charge is -2.26. The van der Waals surface area contributed by atoms with Crippen LogP contribution < -0.4 is 15.4 Å². The van der Waals surface area contributed by atoms with Crippen LogP contribution in [0.3, 0.4) is 0 Å². The molecule has 2 rings (SSSR count). The molecular formula is C16H21N3O6. The van der Waals surface area contributed by atoms with Crippen LogP contribution in [0.5, 0.6) is 5.75 Å². The summed E-state index contributed by atoms with van der Waals surface area (Å²) in [5, 5.41) is 25.4. The van der Waals surface area contributed by atoms with E-state index >= 15 is 0 Å². The molecule has 25 heavy (non-hydrogen) atoms. The van der Waals surface area contributed by atoms with Crippen molar-refractivity contribution < 1.29 is 24.4 Å². The minimum atomic E-state index is -0.788. The number of rotatable bonds is 6. The Morgan fingerprint density at radius 3 is 2.56 bits per heavy atom. The summed E-state index contributed by atoms with van der Waals surface area (Å²) in [6, 6.07) is 4.06. The lowest BCUT2D eigenvalue weighted by molar-refractivity contribution is -0.385. The van der Waals surface area contributed by atoms with Gasteiger partial charge in [0.25, 0.3) is 0 Å². The first-order chi connectivity index (χ1) is 11.9. The molecule has 9 heteroatoms. The molecule has 0 radical (unpaired) electrons. The van der Waals surface area contributed by atoms with Gasteiger partial charge in [0.2, 0.25) is 0 Å². The van der Waals surface area contributed by atoms with E-state index in [1.54, 1.807) is 6.07 Å². The van der Waals surface area contributed by atoms with Crippen molar-refractivity contribution in [2.45, 2.75) is 38.3 Å². The van der Waals surface area contributed by atoms with E-state index in [9.17, 15) is 19.7 Å². The fraction of sp³-hybridized carbons (Fsp3) is 0.500. The number of hydrogen-bond donors (Lipinski definition) is 3. The fourth-order valence-electron chi connectivity index (χ4n) is 2.89. The number of nitrogens with zero attached hydrogens (tertiary/aromatic N) is 1. The number of ether oxygens (including phenoxy) is 1. The number of hydrogen-bond acceptors (Lipinski definition) is 5. The van der Waals surface area contributed by atoms with Crippen molar-refractivity contribution in [2.75, 3.05) is 7.11 Å². The van der Waals surface area contributed by atoms with Crippen molar-refractivity contribution in [1.82, 2.24) is 10.6 Å². The van der Waals surface area contributed by atoms with Gasteiger partial charge in [-0.1, -0.05) is 6.07 Å². The van der Waals surface area contributed by atoms with Crippen molar-refractivity contribution in [3.63, 3.8) is 0 Å². The van der Waals surface area contributed by atoms with Gasteiger partial charge in [-0.05, 0) is 37.3 Å². The molecule has 0 aromatic heterocycles. The second-order valence-electron chi connectivity index (χ2n) is 5.98. The summed E-state index contributed by atoms with van der Waals surface area (Å²) in [5.74, 6) is -0.960. The molecule has 1 aromatic carbocycles. The van der Waals surface area contributed by atoms with E-state index in [2.05, 4.69) is 10.6 Å². The molecule has 0 heterocycles. The zero-order valence-corrected chi connectivity index (χ0v) is 13.9. The van der Waals surface area contributed by atoms with Crippen LogP contribution in [0, 0.1) is 16.0 Å². The summed E-state index contributed by atoms with van der Waals surface area (Å²) in [5.41, 5.74) is 0.423. The van der Waals surface area contributed by atoms with E-state index in [1.807, 2.05) is 0 Å². The minimum Gasteiger partial charge on any atom is -0.490 e. The van der Waals surface area contributed by atoms with Crippen molar-refractivity contribution >= 4 is 17.7 Å². The van der Waals surface area contributed by atoms with Crippen molar-refractivity contribution in [3.05, 3.63) is 33.9 Å². The number of amides is 2. The standard InChI is InChI=1S/C16H21N3O6/c1-25-14-7-2-10(8-13(14)19(23)24)9-17-16(22)18-12-5-3-11(4-6-12)15(20)21/h2,7-8,11-12H,3-6,9H2,1H3,(H,20,21)(H2,17,18,22). The summed E-state index contributed by atoms with van der Waals surface area (Å²) in [4.78, 5) is 33.3. The fourth-order valence-corrected chi connectivity index (χ4v) is 2.89. The first kappa shape index (κ1) is 18.5. The molecule has 0 atom stereocenters. The predicted octanol–water partition coefficient (Wildman–Crippen LogP) is 2.05. The molecule has 1 aromatic rings. The van der Waals surface area contributed by atoms with Crippen molar-refractivity contribution in [3.8, 4) is 5.75 Å². The third-order valence-electron chi connectivity index (χ3n) is 4.30. The number of urea groups is 1. The zero-order valence-electron chi connectivity index (χ0n) is 13.9. The number of benzene rings is 1. The van der Waals surface area contributed by atoms with Crippen LogP contribution in [0.25, 0.3) is 0 Å². The highest BCUT2D eigenvalue weighted by molar-refractivity contribution is 5.74. The highest BCUT2D eigenvalue weighted by atomic mass is 16.6. The summed E-state index contributed by atoms with van der Waals surface area (Å²) in [6.45, 7) is 0.140. The largest absolute Gasteiger partial charge is 0.490 e. The average molecular weight is 351 g/mol. The topological polar surface area (TPSA) is 131 Å². The number of carbonyl (C=O) groups excluding carboxylic acids is 1. The van der Waals surface area contributed by atoms with Gasteiger partial charge >= 0.3 is 17.7 Å². The Morgan fingerprint density at radius 2 is 2.00 bits per heavy atom. The molecule has 1 saturated carbocycles. The molecule has 0 aliphatic heterocycles. The Kier molecular flexibility index (Phi) is 6.15. The van der Waals surface area contributed by atoms with Crippen LogP contribution in [0.15, 0.2) is 18.2 Å². The second kappa shape index (κ2) is 8.32. The number of carbonyl (C=O) groups is 2. The summed E-state index contributed by atoms with van der Waals surface area (Å²) >= 11 is 0. The molecular weight excluding hydrogens is 330 g/mol. The molecule has 0 saturated heterocycles. The van der Waals surface area contributed by atoms with E-state index < -0.39 is 10.9 Å². The Hall–Kier alpha value is -2.84. The van der Waals surface area contributed by atoms with Crippen LogP contribution in [0.1, 0.15) is 31.2 Å². The third-order valence-corrected chi connectivity index (χ3v) is 4.30. The number of aliphatic carboxylic acids is 1. The molecule has 1 aliphatic rings. The molecule has 0 spiro atoms. The maximum absolute atomic E-state index is 11.9. The van der Waals surface area contributed by atoms with E-state index in [0.29, 0.717) is 31.2 Å². The number of nitro benzene ring substituents is 1. The minimum absolute atomic E-state index is 0.0548. The van der Waals surface area contributed by atoms with Crippen molar-refractivity contribution in [1.29, 1.82) is 0 Å². The van der Waals surface area contributed by atoms with Crippen molar-refractivity contribution in [2.24, 2.45) is 5.92 Å². The van der Waals surface area contributed by atoms with Crippen LogP contribution in [-0.2, 0) is 11.3 Å². The van der Waals surface area contributed by atoms with Gasteiger partial charge in [-0.3, -0.25) is 14.9 Å². The molecule has 1 fully saturated rings. The molecule has 136 valence electrons. The first-order valence-electron chi connectivity index (χ1n) is 7.99. The van der Waals surface area contributed by atoms with E-state index in [4.69, 9.17) is 9.84 Å². The molecule has 2 amide bonds. The lowest BCUT2D eigenvalue weighted by Crippen LogP contribution is -2.43. The number of carboxylic acids is 1. The van der Waals surface area contributed by atoms with Gasteiger partial charge < -0.3 is 20.5 Å². The highest BCUT2D eigenvalue weighted by Crippen LogP contribution is 2.27. The van der Waals surface area contributed by atoms with Crippen LogP contribution in [0.4, 0.5) is 10.5 Å². The number of nitro groups is 1. The van der Waals surface area contributed by atoms with E-state index in [-0.39, 0.29) is 36.0 Å². The SMILES string of the molecule is COc1ccc(CNC(=O)NC2CCC(C(=O)O)CC2)cc1[N+](=O)[O-]. The van der Waals surface area contributed by atoms with E-state index in [0.717, 1.165) is 0 Å². The van der Waals surface area contributed by atoms with Gasteiger partial charge in [0.15, 0.2) is 5.75 Å². The molecule has 0 unspecified atom stereocenters. The predicted molar refractivity (Wildman–Crippen MR) is 88.4 cm³/mol. The molecule has 9 nitrogen and oxygen atoms in total. The van der Waals surface area contributed by atoms with Crippen LogP contribution in [-0.4, -0.2) is 35.2 Å². The maximum Gasteiger partial charge on any atom is 0.315 e. The summed E-state index contributed by atoms with van der Waals surface area (Å²) < 4.78 is 4.93. The summed E-state index contributed by atoms with van der Waals surface area (Å²) in [6.07, 6.45) is 2.34. The Labute approximate surface area is 144 Å². The third kappa shape index (κ3) is 5.07. The number of carboxylic acid groups (broad SMARTS) is 1. The smallest absolute Gasteiger partial charge is 0.315 e. The summed E-state index contributed by atoms with van der Waals surface area (Å²) in [7, 11) is 1.35. The van der Waals surface area contributed by atoms with E-state index in [1.165, 1.54) is 19.2 Å². The zero-order chi connectivity index (χ0) is 18.4. The van der Waals surface area contributed by atoms with Gasteiger partial charge in [0, 0.05) is 18.7 Å². The Morgan fingerprint density at radius 1 is 1.32 bits per heavy atom. The van der Waals surface area contributed by atoms with Gasteiger partial charge in [-0.15, -0.1) is 0 Å². The maximum atomic E-state index is 11.9. The highest BCUT2D eigenvalue weighted by Gasteiger charge is 2.26. The molecule has 0 bridgehead atoms. The normalized spacial score (nSPS) is 19.7. The molecule has 3 N–H and O–H groups in total. The number of nitrogens with one attached hydrogen (secondary N) is 2. The lowest BCUT2D eigenvalue weighted by atomic mass is 9.86. The second-order valence-corrected chi connectivity index (χ2v) is 5.98. The number of methoxy groups -OCH3 is 1. The van der Waals surface area contributed by atoms with Gasteiger partial charge in [0.05, 0.1) is 18.0 Å². The quantitative estimate of drug-likeness (QED) is 0.531. The van der Waals surface area contributed by atoms with Gasteiger partial charge in [-0.2, -0.15) is 0 Å².